The van der Waals surface area contributed by atoms with Crippen LogP contribution in [-0.2, 0) is 4.79 Å². The van der Waals surface area contributed by atoms with Gasteiger partial charge in [0.2, 0.25) is 0 Å². The van der Waals surface area contributed by atoms with Crippen LogP contribution >= 0.6 is 0 Å². The molecule has 2 unspecified atom stereocenters. The van der Waals surface area contributed by atoms with E-state index in [-0.39, 0.29) is 0 Å². The van der Waals surface area contributed by atoms with Crippen molar-refractivity contribution in [2.45, 2.75) is 135 Å². The van der Waals surface area contributed by atoms with Gasteiger partial charge in [0.1, 0.15) is 6.10 Å². The van der Waals surface area contributed by atoms with Crippen LogP contribution in [0.15, 0.2) is 0 Å². The predicted molar refractivity (Wildman–Crippen MR) is 107 cm³/mol. The molecule has 0 saturated carbocycles. The van der Waals surface area contributed by atoms with E-state index < -0.39 is 12.2 Å². The summed E-state index contributed by atoms with van der Waals surface area (Å²) in [5, 5.41) is 18.6. The second-order valence-corrected chi connectivity index (χ2v) is 7.64. The number of aldehydes is 1. The number of unbranched alkanes of at least 4 members (excludes halogenated alkanes) is 16. The van der Waals surface area contributed by atoms with Crippen molar-refractivity contribution in [3.63, 3.8) is 0 Å². The molecule has 0 saturated heterocycles. The van der Waals surface area contributed by atoms with Crippen LogP contribution in [0.4, 0.5) is 0 Å². The van der Waals surface area contributed by atoms with Crippen LogP contribution in [0.2, 0.25) is 0 Å². The van der Waals surface area contributed by atoms with Crippen LogP contribution in [-0.4, -0.2) is 28.7 Å². The van der Waals surface area contributed by atoms with E-state index >= 15 is 0 Å². The van der Waals surface area contributed by atoms with Crippen molar-refractivity contribution in [2.75, 3.05) is 0 Å². The Kier molecular flexibility index (Phi) is 19.6. The summed E-state index contributed by atoms with van der Waals surface area (Å²) in [6.07, 6.45) is 21.5. The van der Waals surface area contributed by atoms with Gasteiger partial charge in [-0.1, -0.05) is 116 Å². The fourth-order valence-electron chi connectivity index (χ4n) is 3.34. The van der Waals surface area contributed by atoms with Crippen LogP contribution in [0.1, 0.15) is 122 Å². The molecule has 0 aromatic heterocycles. The second kappa shape index (κ2) is 19.9. The molecule has 0 rings (SSSR count). The topological polar surface area (TPSA) is 57.5 Å². The molecular weight excluding hydrogens is 312 g/mol. The Hall–Kier alpha value is -0.410. The van der Waals surface area contributed by atoms with Gasteiger partial charge in [-0.05, 0) is 6.42 Å². The molecule has 0 amide bonds. The largest absolute Gasteiger partial charge is 0.390 e. The van der Waals surface area contributed by atoms with Gasteiger partial charge in [0.05, 0.1) is 6.10 Å². The first-order valence-electron chi connectivity index (χ1n) is 11.0. The van der Waals surface area contributed by atoms with Gasteiger partial charge in [-0.2, -0.15) is 0 Å². The van der Waals surface area contributed by atoms with Gasteiger partial charge >= 0.3 is 0 Å². The maximum atomic E-state index is 10.3. The number of hydrogen-bond acceptors (Lipinski definition) is 3. The highest BCUT2D eigenvalue weighted by atomic mass is 16.3. The van der Waals surface area contributed by atoms with Crippen molar-refractivity contribution >= 4 is 6.29 Å². The zero-order valence-corrected chi connectivity index (χ0v) is 16.8. The molecule has 2 atom stereocenters. The van der Waals surface area contributed by atoms with Gasteiger partial charge in [-0.3, -0.25) is 0 Å². The highest BCUT2D eigenvalue weighted by molar-refractivity contribution is 5.56. The van der Waals surface area contributed by atoms with Gasteiger partial charge in [0.25, 0.3) is 0 Å². The molecule has 0 aliphatic rings. The van der Waals surface area contributed by atoms with Crippen LogP contribution < -0.4 is 0 Å². The Balaban J connectivity index is 3.08. The predicted octanol–water partition coefficient (Wildman–Crippen LogP) is 5.95. The third-order valence-electron chi connectivity index (χ3n) is 5.14. The third-order valence-corrected chi connectivity index (χ3v) is 5.14. The number of carbonyl (C=O) groups is 1. The summed E-state index contributed by atoms with van der Waals surface area (Å²) in [6.45, 7) is 2.27. The van der Waals surface area contributed by atoms with Crippen LogP contribution in [0.3, 0.4) is 0 Å². The minimum atomic E-state index is -1.21. The minimum absolute atomic E-state index is 0.415. The van der Waals surface area contributed by atoms with E-state index in [9.17, 15) is 9.90 Å². The molecule has 0 aromatic carbocycles. The number of aliphatic hydroxyl groups is 2. The van der Waals surface area contributed by atoms with Gasteiger partial charge < -0.3 is 15.0 Å². The lowest BCUT2D eigenvalue weighted by molar-refractivity contribution is -0.120. The van der Waals surface area contributed by atoms with Crippen LogP contribution in [0, 0.1) is 0 Å². The summed E-state index contributed by atoms with van der Waals surface area (Å²) in [5.74, 6) is 0. The molecule has 3 nitrogen and oxygen atoms in total. The first-order chi connectivity index (χ1) is 12.2. The number of aliphatic hydroxyl groups excluding tert-OH is 2. The molecule has 0 radical (unpaired) electrons. The average Bonchev–Trinajstić information content (AvgIpc) is 2.63. The third kappa shape index (κ3) is 18.2. The smallest absolute Gasteiger partial charge is 0.151 e. The second-order valence-electron chi connectivity index (χ2n) is 7.64. The zero-order valence-electron chi connectivity index (χ0n) is 16.8. The highest BCUT2D eigenvalue weighted by Crippen LogP contribution is 2.14. The summed E-state index contributed by atoms with van der Waals surface area (Å²) in [5.41, 5.74) is 0. The van der Waals surface area contributed by atoms with Crippen LogP contribution in [0.25, 0.3) is 0 Å². The molecule has 0 spiro atoms. The molecule has 0 heterocycles. The summed E-state index contributed by atoms with van der Waals surface area (Å²) >= 11 is 0. The molecule has 0 aliphatic heterocycles. The van der Waals surface area contributed by atoms with Crippen molar-refractivity contribution in [1.29, 1.82) is 0 Å². The maximum absolute atomic E-state index is 10.3. The van der Waals surface area contributed by atoms with Gasteiger partial charge in [-0.15, -0.1) is 0 Å². The fourth-order valence-corrected chi connectivity index (χ4v) is 3.34. The zero-order chi connectivity index (χ0) is 18.6. The normalized spacial score (nSPS) is 13.7. The molecule has 2 N–H and O–H groups in total. The van der Waals surface area contributed by atoms with E-state index in [1.54, 1.807) is 0 Å². The minimum Gasteiger partial charge on any atom is -0.390 e. The molecular formula is C22H44O3. The van der Waals surface area contributed by atoms with Gasteiger partial charge in [0, 0.05) is 0 Å². The van der Waals surface area contributed by atoms with E-state index in [0.717, 1.165) is 12.8 Å². The van der Waals surface area contributed by atoms with Crippen LogP contribution in [0.5, 0.6) is 0 Å². The van der Waals surface area contributed by atoms with E-state index in [4.69, 9.17) is 5.11 Å². The maximum Gasteiger partial charge on any atom is 0.151 e. The monoisotopic (exact) mass is 356 g/mol. The Morgan fingerprint density at radius 2 is 0.920 bits per heavy atom. The fraction of sp³-hybridized carbons (Fsp3) is 0.955. The Morgan fingerprint density at radius 3 is 1.24 bits per heavy atom. The Labute approximate surface area is 156 Å². The lowest BCUT2D eigenvalue weighted by Crippen LogP contribution is -2.26. The summed E-state index contributed by atoms with van der Waals surface area (Å²) in [6, 6.07) is 0. The standard InChI is InChI=1S/C22H44O3/c1-2-3-4-5-6-7-8-9-10-11-12-13-14-15-16-17-18-19-21(24)22(25)20-23/h20-22,24-25H,2-19H2,1H3. The van der Waals surface area contributed by atoms with Gasteiger partial charge in [0.15, 0.2) is 6.29 Å². The van der Waals surface area contributed by atoms with Crippen molar-refractivity contribution in [2.24, 2.45) is 0 Å². The molecule has 3 heteroatoms. The number of rotatable bonds is 20. The van der Waals surface area contributed by atoms with E-state index in [1.807, 2.05) is 0 Å². The van der Waals surface area contributed by atoms with Crippen molar-refractivity contribution in [3.05, 3.63) is 0 Å². The summed E-state index contributed by atoms with van der Waals surface area (Å²) in [7, 11) is 0. The van der Waals surface area contributed by atoms with Crippen molar-refractivity contribution < 1.29 is 15.0 Å². The Morgan fingerprint density at radius 1 is 0.600 bits per heavy atom. The molecule has 0 aromatic rings. The lowest BCUT2D eigenvalue weighted by atomic mass is 10.0. The quantitative estimate of drug-likeness (QED) is 0.209. The van der Waals surface area contributed by atoms with E-state index in [1.165, 1.54) is 96.3 Å². The highest BCUT2D eigenvalue weighted by Gasteiger charge is 2.13. The molecule has 0 fully saturated rings. The number of carbonyl (C=O) groups excluding carboxylic acids is 1. The van der Waals surface area contributed by atoms with E-state index in [0.29, 0.717) is 12.7 Å². The summed E-state index contributed by atoms with van der Waals surface area (Å²) < 4.78 is 0. The lowest BCUT2D eigenvalue weighted by Gasteiger charge is -2.11. The SMILES string of the molecule is CCCCCCCCCCCCCCCCCCCC(O)C(O)C=O. The van der Waals surface area contributed by atoms with E-state index in [2.05, 4.69) is 6.92 Å². The summed E-state index contributed by atoms with van der Waals surface area (Å²) in [4.78, 5) is 10.3. The van der Waals surface area contributed by atoms with Crippen molar-refractivity contribution in [3.8, 4) is 0 Å². The first-order valence-corrected chi connectivity index (χ1v) is 11.0. The van der Waals surface area contributed by atoms with Gasteiger partial charge in [-0.25, -0.2) is 0 Å². The number of hydrogen-bond donors (Lipinski definition) is 2. The molecule has 150 valence electrons. The van der Waals surface area contributed by atoms with Crippen molar-refractivity contribution in [1.82, 2.24) is 0 Å². The average molecular weight is 357 g/mol. The molecule has 25 heavy (non-hydrogen) atoms. The molecule has 0 aliphatic carbocycles. The molecule has 0 bridgehead atoms. The first kappa shape index (κ1) is 24.6. The Bertz CT molecular complexity index is 268.